The minimum Gasteiger partial charge on any atom is -0.493 e. The maximum Gasteiger partial charge on any atom is 0.193 e. The molecule has 0 saturated carbocycles. The van der Waals surface area contributed by atoms with Crippen LogP contribution in [0.15, 0.2) is 53.5 Å². The number of aliphatic imine (C=N–C) groups is 1. The first kappa shape index (κ1) is 23.7. The third kappa shape index (κ3) is 6.07. The highest BCUT2D eigenvalue weighted by atomic mass is 16.5. The third-order valence-electron chi connectivity index (χ3n) is 5.87. The van der Waals surface area contributed by atoms with Gasteiger partial charge in [0.25, 0.3) is 0 Å². The molecule has 0 radical (unpaired) electrons. The molecule has 7 heteroatoms. The monoisotopic (exact) mass is 440 g/mol. The SMILES string of the molecule is CN=C(NCC(c1ccc(OC)c(OC)c1)N(C)C)N1CCC(Oc2ccccc2)CC1. The lowest BCUT2D eigenvalue weighted by molar-refractivity contribution is 0.129. The van der Waals surface area contributed by atoms with Crippen LogP contribution in [-0.2, 0) is 0 Å². The molecule has 0 amide bonds. The molecule has 32 heavy (non-hydrogen) atoms. The number of benzene rings is 2. The molecule has 174 valence electrons. The van der Waals surface area contributed by atoms with Crippen molar-refractivity contribution in [3.8, 4) is 17.2 Å². The summed E-state index contributed by atoms with van der Waals surface area (Å²) in [4.78, 5) is 9.04. The Morgan fingerprint density at radius 2 is 1.75 bits per heavy atom. The normalized spacial score (nSPS) is 16.1. The van der Waals surface area contributed by atoms with E-state index in [0.717, 1.165) is 61.2 Å². The number of ether oxygens (including phenoxy) is 3. The van der Waals surface area contributed by atoms with E-state index in [9.17, 15) is 0 Å². The third-order valence-corrected chi connectivity index (χ3v) is 5.87. The average Bonchev–Trinajstić information content (AvgIpc) is 2.82. The van der Waals surface area contributed by atoms with Crippen LogP contribution in [0.4, 0.5) is 0 Å². The number of piperidine rings is 1. The predicted molar refractivity (Wildman–Crippen MR) is 129 cm³/mol. The van der Waals surface area contributed by atoms with Gasteiger partial charge in [-0.3, -0.25) is 4.99 Å². The molecule has 1 atom stereocenters. The van der Waals surface area contributed by atoms with E-state index in [1.807, 2.05) is 49.5 Å². The van der Waals surface area contributed by atoms with Crippen molar-refractivity contribution < 1.29 is 14.2 Å². The number of hydrogen-bond acceptors (Lipinski definition) is 5. The minimum absolute atomic E-state index is 0.158. The Morgan fingerprint density at radius 1 is 1.06 bits per heavy atom. The van der Waals surface area contributed by atoms with Crippen molar-refractivity contribution in [1.29, 1.82) is 0 Å². The number of methoxy groups -OCH3 is 2. The zero-order chi connectivity index (χ0) is 22.9. The van der Waals surface area contributed by atoms with Crippen LogP contribution in [-0.4, -0.2) is 76.9 Å². The zero-order valence-electron chi connectivity index (χ0n) is 19.9. The standard InChI is InChI=1S/C25H36N4O3/c1-26-25(29-15-13-21(14-16-29)32-20-9-7-6-8-10-20)27-18-22(28(2)3)19-11-12-23(30-4)24(17-19)31-5/h6-12,17,21-22H,13-16,18H2,1-5H3,(H,26,27). The highest BCUT2D eigenvalue weighted by Gasteiger charge is 2.24. The lowest BCUT2D eigenvalue weighted by Gasteiger charge is -2.35. The summed E-state index contributed by atoms with van der Waals surface area (Å²) < 4.78 is 17.0. The van der Waals surface area contributed by atoms with Crippen molar-refractivity contribution in [3.05, 3.63) is 54.1 Å². The van der Waals surface area contributed by atoms with E-state index in [-0.39, 0.29) is 12.1 Å². The smallest absolute Gasteiger partial charge is 0.193 e. The molecule has 1 aliphatic heterocycles. The Kier molecular flexibility index (Phi) is 8.62. The fourth-order valence-electron chi connectivity index (χ4n) is 4.06. The molecule has 7 nitrogen and oxygen atoms in total. The summed E-state index contributed by atoms with van der Waals surface area (Å²) in [6.45, 7) is 2.57. The number of hydrogen-bond donors (Lipinski definition) is 1. The van der Waals surface area contributed by atoms with E-state index in [4.69, 9.17) is 14.2 Å². The molecule has 1 saturated heterocycles. The van der Waals surface area contributed by atoms with Crippen LogP contribution < -0.4 is 19.5 Å². The maximum absolute atomic E-state index is 6.13. The van der Waals surface area contributed by atoms with Gasteiger partial charge < -0.3 is 29.3 Å². The second-order valence-electron chi connectivity index (χ2n) is 8.14. The molecule has 1 unspecified atom stereocenters. The summed E-state index contributed by atoms with van der Waals surface area (Å²) in [5.74, 6) is 3.34. The lowest BCUT2D eigenvalue weighted by Crippen LogP contribution is -2.49. The molecular weight excluding hydrogens is 404 g/mol. The second kappa shape index (κ2) is 11.6. The Hall–Kier alpha value is -2.93. The van der Waals surface area contributed by atoms with Crippen molar-refractivity contribution >= 4 is 5.96 Å². The molecule has 1 aliphatic rings. The van der Waals surface area contributed by atoms with E-state index < -0.39 is 0 Å². The van der Waals surface area contributed by atoms with Gasteiger partial charge in [-0.25, -0.2) is 0 Å². The fourth-order valence-corrected chi connectivity index (χ4v) is 4.06. The van der Waals surface area contributed by atoms with Gasteiger partial charge in [0.05, 0.1) is 20.3 Å². The molecule has 0 spiro atoms. The lowest BCUT2D eigenvalue weighted by atomic mass is 10.0. The van der Waals surface area contributed by atoms with Crippen molar-refractivity contribution in [2.45, 2.75) is 25.0 Å². The van der Waals surface area contributed by atoms with Gasteiger partial charge in [-0.1, -0.05) is 24.3 Å². The van der Waals surface area contributed by atoms with E-state index in [1.165, 1.54) is 0 Å². The van der Waals surface area contributed by atoms with E-state index in [1.54, 1.807) is 14.2 Å². The highest BCUT2D eigenvalue weighted by molar-refractivity contribution is 5.80. The van der Waals surface area contributed by atoms with Gasteiger partial charge in [0.15, 0.2) is 17.5 Å². The Labute approximate surface area is 192 Å². The average molecular weight is 441 g/mol. The quantitative estimate of drug-likeness (QED) is 0.501. The molecule has 1 fully saturated rings. The number of nitrogens with zero attached hydrogens (tertiary/aromatic N) is 3. The maximum atomic E-state index is 6.13. The summed E-state index contributed by atoms with van der Waals surface area (Å²) in [7, 11) is 9.32. The Bertz CT molecular complexity index is 865. The largest absolute Gasteiger partial charge is 0.493 e. The van der Waals surface area contributed by atoms with Gasteiger partial charge in [-0.2, -0.15) is 0 Å². The van der Waals surface area contributed by atoms with Gasteiger partial charge >= 0.3 is 0 Å². The van der Waals surface area contributed by atoms with Gasteiger partial charge in [0.2, 0.25) is 0 Å². The second-order valence-corrected chi connectivity index (χ2v) is 8.14. The molecule has 0 aromatic heterocycles. The van der Waals surface area contributed by atoms with Crippen LogP contribution in [0.1, 0.15) is 24.4 Å². The molecule has 1 heterocycles. The topological polar surface area (TPSA) is 58.6 Å². The van der Waals surface area contributed by atoms with E-state index in [0.29, 0.717) is 0 Å². The van der Waals surface area contributed by atoms with Gasteiger partial charge in [0.1, 0.15) is 11.9 Å². The van der Waals surface area contributed by atoms with Gasteiger partial charge in [-0.05, 0) is 43.9 Å². The zero-order valence-corrected chi connectivity index (χ0v) is 19.9. The van der Waals surface area contributed by atoms with Crippen LogP contribution in [0.25, 0.3) is 0 Å². The molecule has 3 rings (SSSR count). The molecule has 2 aromatic rings. The van der Waals surface area contributed by atoms with Gasteiger partial charge in [0, 0.05) is 39.5 Å². The summed E-state index contributed by atoms with van der Waals surface area (Å²) >= 11 is 0. The predicted octanol–water partition coefficient (Wildman–Crippen LogP) is 3.43. The van der Waals surface area contributed by atoms with Crippen LogP contribution >= 0.6 is 0 Å². The van der Waals surface area contributed by atoms with Crippen molar-refractivity contribution in [2.24, 2.45) is 4.99 Å². The van der Waals surface area contributed by atoms with Crippen LogP contribution in [0.2, 0.25) is 0 Å². The van der Waals surface area contributed by atoms with Crippen LogP contribution in [0.3, 0.4) is 0 Å². The van der Waals surface area contributed by atoms with Gasteiger partial charge in [-0.15, -0.1) is 0 Å². The number of rotatable bonds is 8. The number of para-hydroxylation sites is 1. The Balaban J connectivity index is 1.58. The number of likely N-dealkylation sites (tertiary alicyclic amines) is 1. The van der Waals surface area contributed by atoms with E-state index in [2.05, 4.69) is 40.3 Å². The fraction of sp³-hybridized carbons (Fsp3) is 0.480. The number of guanidine groups is 1. The first-order valence-corrected chi connectivity index (χ1v) is 11.1. The summed E-state index contributed by atoms with van der Waals surface area (Å²) in [6.07, 6.45) is 2.19. The first-order chi connectivity index (χ1) is 15.5. The first-order valence-electron chi connectivity index (χ1n) is 11.1. The molecule has 1 N–H and O–H groups in total. The molecular formula is C25H36N4O3. The molecule has 0 aliphatic carbocycles. The Morgan fingerprint density at radius 3 is 2.34 bits per heavy atom. The number of likely N-dealkylation sites (N-methyl/N-ethyl adjacent to an activating group) is 1. The summed E-state index contributed by atoms with van der Waals surface area (Å²) in [6, 6.07) is 16.3. The summed E-state index contributed by atoms with van der Waals surface area (Å²) in [5.41, 5.74) is 1.16. The summed E-state index contributed by atoms with van der Waals surface area (Å²) in [5, 5.41) is 3.57. The van der Waals surface area contributed by atoms with Crippen molar-refractivity contribution in [1.82, 2.24) is 15.1 Å². The van der Waals surface area contributed by atoms with E-state index >= 15 is 0 Å². The number of nitrogens with one attached hydrogen (secondary N) is 1. The molecule has 2 aromatic carbocycles. The van der Waals surface area contributed by atoms with Crippen LogP contribution in [0.5, 0.6) is 17.2 Å². The highest BCUT2D eigenvalue weighted by Crippen LogP contribution is 2.31. The molecule has 0 bridgehead atoms. The minimum atomic E-state index is 0.158. The van der Waals surface area contributed by atoms with Crippen LogP contribution in [0, 0.1) is 0 Å². The van der Waals surface area contributed by atoms with Crippen molar-refractivity contribution in [3.63, 3.8) is 0 Å². The van der Waals surface area contributed by atoms with Crippen molar-refractivity contribution in [2.75, 3.05) is 55.0 Å².